The van der Waals surface area contributed by atoms with Crippen LogP contribution in [0.4, 0.5) is 0 Å². The lowest BCUT2D eigenvalue weighted by molar-refractivity contribution is 0.164. The number of nitrogens with two attached hydrogens (primary N) is 1. The van der Waals surface area contributed by atoms with E-state index >= 15 is 0 Å². The Morgan fingerprint density at radius 2 is 1.94 bits per heavy atom. The Labute approximate surface area is 105 Å². The van der Waals surface area contributed by atoms with Gasteiger partial charge in [-0.1, -0.05) is 32.0 Å². The molecule has 3 unspecified atom stereocenters. The highest BCUT2D eigenvalue weighted by molar-refractivity contribution is 5.38. The largest absolute Gasteiger partial charge is 0.321 e. The summed E-state index contributed by atoms with van der Waals surface area (Å²) in [4.78, 5) is 0. The van der Waals surface area contributed by atoms with Crippen molar-refractivity contribution in [1.82, 2.24) is 0 Å². The predicted molar refractivity (Wildman–Crippen MR) is 74.0 cm³/mol. The van der Waals surface area contributed by atoms with Crippen molar-refractivity contribution in [3.63, 3.8) is 0 Å². The summed E-state index contributed by atoms with van der Waals surface area (Å²) in [5.41, 5.74) is 10.8. The quantitative estimate of drug-likeness (QED) is 0.779. The van der Waals surface area contributed by atoms with Gasteiger partial charge < -0.3 is 5.73 Å². The smallest absolute Gasteiger partial charge is 0.0438 e. The summed E-state index contributed by atoms with van der Waals surface area (Å²) in [7, 11) is 0. The van der Waals surface area contributed by atoms with Crippen LogP contribution in [0.2, 0.25) is 0 Å². The average molecular weight is 231 g/mol. The Kier molecular flexibility index (Phi) is 3.31. The van der Waals surface area contributed by atoms with Crippen LogP contribution in [0.25, 0.3) is 0 Å². The summed E-state index contributed by atoms with van der Waals surface area (Å²) in [5, 5.41) is 0. The van der Waals surface area contributed by atoms with Gasteiger partial charge in [0.15, 0.2) is 0 Å². The third-order valence-corrected chi connectivity index (χ3v) is 4.79. The second-order valence-electron chi connectivity index (χ2n) is 6.07. The molecule has 94 valence electrons. The van der Waals surface area contributed by atoms with E-state index in [4.69, 9.17) is 5.73 Å². The lowest BCUT2D eigenvalue weighted by Crippen LogP contribution is -2.47. The number of hydrogen-bond donors (Lipinski definition) is 1. The molecule has 0 heterocycles. The van der Waals surface area contributed by atoms with Crippen LogP contribution in [-0.2, 0) is 5.54 Å². The van der Waals surface area contributed by atoms with E-state index in [1.54, 1.807) is 0 Å². The van der Waals surface area contributed by atoms with E-state index in [2.05, 4.69) is 45.9 Å². The van der Waals surface area contributed by atoms with Gasteiger partial charge in [0.1, 0.15) is 0 Å². The van der Waals surface area contributed by atoms with Crippen LogP contribution in [0.1, 0.15) is 49.8 Å². The second kappa shape index (κ2) is 4.45. The summed E-state index contributed by atoms with van der Waals surface area (Å²) in [6.45, 7) is 9.05. The maximum Gasteiger partial charge on any atom is 0.0438 e. The predicted octanol–water partition coefficient (Wildman–Crippen LogP) is 3.91. The summed E-state index contributed by atoms with van der Waals surface area (Å²) in [6, 6.07) is 6.56. The van der Waals surface area contributed by atoms with Gasteiger partial charge in [-0.25, -0.2) is 0 Å². The molecule has 2 rings (SSSR count). The van der Waals surface area contributed by atoms with Crippen molar-refractivity contribution in [2.24, 2.45) is 17.6 Å². The molecule has 0 radical (unpaired) electrons. The van der Waals surface area contributed by atoms with Gasteiger partial charge in [-0.15, -0.1) is 0 Å². The molecule has 0 amide bonds. The monoisotopic (exact) mass is 231 g/mol. The van der Waals surface area contributed by atoms with E-state index in [1.807, 2.05) is 0 Å². The molecule has 0 bridgehead atoms. The minimum Gasteiger partial charge on any atom is -0.321 e. The zero-order chi connectivity index (χ0) is 12.6. The van der Waals surface area contributed by atoms with Gasteiger partial charge >= 0.3 is 0 Å². The van der Waals surface area contributed by atoms with Gasteiger partial charge in [-0.05, 0) is 61.6 Å². The van der Waals surface area contributed by atoms with E-state index in [-0.39, 0.29) is 5.54 Å². The van der Waals surface area contributed by atoms with Crippen LogP contribution in [0.5, 0.6) is 0 Å². The first kappa shape index (κ1) is 12.6. The molecule has 1 aromatic carbocycles. The van der Waals surface area contributed by atoms with Crippen molar-refractivity contribution >= 4 is 0 Å². The third kappa shape index (κ3) is 2.13. The van der Waals surface area contributed by atoms with Crippen molar-refractivity contribution in [2.75, 3.05) is 0 Å². The molecule has 1 saturated carbocycles. The Morgan fingerprint density at radius 3 is 2.59 bits per heavy atom. The molecule has 1 aliphatic rings. The fraction of sp³-hybridized carbons (Fsp3) is 0.625. The van der Waals surface area contributed by atoms with Crippen LogP contribution >= 0.6 is 0 Å². The van der Waals surface area contributed by atoms with Crippen LogP contribution in [-0.4, -0.2) is 0 Å². The fourth-order valence-electron chi connectivity index (χ4n) is 3.32. The Bertz CT molecular complexity index is 410. The highest BCUT2D eigenvalue weighted by Gasteiger charge is 2.39. The molecule has 0 saturated heterocycles. The van der Waals surface area contributed by atoms with Crippen molar-refractivity contribution in [2.45, 2.75) is 52.5 Å². The van der Waals surface area contributed by atoms with Gasteiger partial charge in [-0.2, -0.15) is 0 Å². The Hall–Kier alpha value is -0.820. The lowest BCUT2D eigenvalue weighted by Gasteiger charge is -2.43. The zero-order valence-electron chi connectivity index (χ0n) is 11.6. The molecular weight excluding hydrogens is 206 g/mol. The molecule has 1 aliphatic carbocycles. The van der Waals surface area contributed by atoms with E-state index in [0.29, 0.717) is 5.92 Å². The molecular formula is C16H25N. The van der Waals surface area contributed by atoms with Crippen LogP contribution in [0.3, 0.4) is 0 Å². The van der Waals surface area contributed by atoms with Gasteiger partial charge in [0.25, 0.3) is 0 Å². The molecule has 0 aromatic heterocycles. The topological polar surface area (TPSA) is 26.0 Å². The first-order valence-electron chi connectivity index (χ1n) is 6.80. The molecule has 1 nitrogen and oxygen atoms in total. The molecule has 17 heavy (non-hydrogen) atoms. The number of aryl methyl sites for hydroxylation is 1. The number of benzene rings is 1. The van der Waals surface area contributed by atoms with Gasteiger partial charge in [-0.3, -0.25) is 0 Å². The standard InChI is InChI=1S/C16H25N/c1-11-8-9-16(17,13(3)10-11)15-7-5-6-12(2)14(15)4/h5-7,11,13H,8-10,17H2,1-4H3. The summed E-state index contributed by atoms with van der Waals surface area (Å²) >= 11 is 0. The molecule has 1 fully saturated rings. The summed E-state index contributed by atoms with van der Waals surface area (Å²) in [6.07, 6.45) is 3.64. The van der Waals surface area contributed by atoms with E-state index in [1.165, 1.54) is 29.5 Å². The van der Waals surface area contributed by atoms with E-state index in [0.717, 1.165) is 12.3 Å². The first-order chi connectivity index (χ1) is 7.95. The van der Waals surface area contributed by atoms with Gasteiger partial charge in [0.05, 0.1) is 0 Å². The maximum absolute atomic E-state index is 6.76. The molecule has 1 aromatic rings. The lowest BCUT2D eigenvalue weighted by atomic mass is 9.66. The van der Waals surface area contributed by atoms with Crippen molar-refractivity contribution in [3.05, 3.63) is 34.9 Å². The number of hydrogen-bond acceptors (Lipinski definition) is 1. The zero-order valence-corrected chi connectivity index (χ0v) is 11.6. The summed E-state index contributed by atoms with van der Waals surface area (Å²) in [5.74, 6) is 1.40. The molecule has 0 spiro atoms. The molecule has 1 heteroatoms. The second-order valence-corrected chi connectivity index (χ2v) is 6.07. The average Bonchev–Trinajstić information content (AvgIpc) is 2.28. The van der Waals surface area contributed by atoms with Crippen LogP contribution < -0.4 is 5.73 Å². The van der Waals surface area contributed by atoms with Crippen molar-refractivity contribution in [3.8, 4) is 0 Å². The number of rotatable bonds is 1. The van der Waals surface area contributed by atoms with Gasteiger partial charge in [0, 0.05) is 5.54 Å². The SMILES string of the molecule is Cc1cccc(C2(N)CCC(C)CC2C)c1C. The minimum atomic E-state index is -0.109. The van der Waals surface area contributed by atoms with Crippen molar-refractivity contribution in [1.29, 1.82) is 0 Å². The van der Waals surface area contributed by atoms with Crippen molar-refractivity contribution < 1.29 is 0 Å². The highest BCUT2D eigenvalue weighted by atomic mass is 14.8. The van der Waals surface area contributed by atoms with Crippen LogP contribution in [0, 0.1) is 25.7 Å². The summed E-state index contributed by atoms with van der Waals surface area (Å²) < 4.78 is 0. The molecule has 3 atom stereocenters. The molecule has 2 N–H and O–H groups in total. The fourth-order valence-corrected chi connectivity index (χ4v) is 3.32. The molecule has 0 aliphatic heterocycles. The van der Waals surface area contributed by atoms with Crippen LogP contribution in [0.15, 0.2) is 18.2 Å². The maximum atomic E-state index is 6.76. The van der Waals surface area contributed by atoms with Gasteiger partial charge in [0.2, 0.25) is 0 Å². The Balaban J connectivity index is 2.41. The normalized spacial score (nSPS) is 33.7. The highest BCUT2D eigenvalue weighted by Crippen LogP contribution is 2.43. The third-order valence-electron chi connectivity index (χ3n) is 4.79. The van der Waals surface area contributed by atoms with E-state index < -0.39 is 0 Å². The van der Waals surface area contributed by atoms with E-state index in [9.17, 15) is 0 Å². The minimum absolute atomic E-state index is 0.109. The Morgan fingerprint density at radius 1 is 1.24 bits per heavy atom. The first-order valence-corrected chi connectivity index (χ1v) is 6.80.